The van der Waals surface area contributed by atoms with Gasteiger partial charge in [0, 0.05) is 11.6 Å². The Hall–Kier alpha value is -2.81. The smallest absolute Gasteiger partial charge is 0.160 e. The van der Waals surface area contributed by atoms with E-state index in [1.165, 1.54) is 0 Å². The van der Waals surface area contributed by atoms with Crippen LogP contribution >= 0.6 is 0 Å². The van der Waals surface area contributed by atoms with E-state index in [1.54, 1.807) is 7.11 Å². The van der Waals surface area contributed by atoms with Gasteiger partial charge in [-0.3, -0.25) is 0 Å². The second-order valence-electron chi connectivity index (χ2n) is 4.59. The molecule has 0 spiro atoms. The zero-order chi connectivity index (χ0) is 14.5. The maximum Gasteiger partial charge on any atom is 0.160 e. The summed E-state index contributed by atoms with van der Waals surface area (Å²) >= 11 is 0. The van der Waals surface area contributed by atoms with Crippen molar-refractivity contribution in [1.29, 1.82) is 0 Å². The summed E-state index contributed by atoms with van der Waals surface area (Å²) in [6.45, 7) is 0. The molecule has 0 saturated carbocycles. The number of hydrogen-bond donors (Lipinski definition) is 0. The lowest BCUT2D eigenvalue weighted by molar-refractivity contribution is 0.413. The Balaban J connectivity index is 1.78. The minimum atomic E-state index is 0.727. The predicted molar refractivity (Wildman–Crippen MR) is 83.9 cm³/mol. The summed E-state index contributed by atoms with van der Waals surface area (Å²) in [5.74, 6) is 1.55. The first-order valence-corrected chi connectivity index (χ1v) is 6.69. The number of aromatic nitrogens is 1. The zero-order valence-electron chi connectivity index (χ0n) is 11.7. The summed E-state index contributed by atoms with van der Waals surface area (Å²) in [6.07, 6.45) is 3.91. The molecule has 0 bridgehead atoms. The van der Waals surface area contributed by atoms with E-state index in [-0.39, 0.29) is 0 Å². The summed E-state index contributed by atoms with van der Waals surface area (Å²) in [5.41, 5.74) is 2.93. The quantitative estimate of drug-likeness (QED) is 0.703. The van der Waals surface area contributed by atoms with E-state index in [4.69, 9.17) is 9.26 Å². The van der Waals surface area contributed by atoms with E-state index in [1.807, 2.05) is 72.8 Å². The van der Waals surface area contributed by atoms with E-state index in [9.17, 15) is 0 Å². The van der Waals surface area contributed by atoms with Gasteiger partial charge in [0.25, 0.3) is 0 Å². The van der Waals surface area contributed by atoms with Crippen LogP contribution in [0.1, 0.15) is 11.3 Å². The van der Waals surface area contributed by atoms with Gasteiger partial charge in [0.05, 0.1) is 7.11 Å². The Kier molecular flexibility index (Phi) is 3.83. The maximum atomic E-state index is 5.33. The van der Waals surface area contributed by atoms with Gasteiger partial charge in [0.15, 0.2) is 5.76 Å². The Bertz CT molecular complexity index is 727. The third kappa shape index (κ3) is 3.20. The van der Waals surface area contributed by atoms with Crippen molar-refractivity contribution in [3.8, 4) is 17.0 Å². The molecule has 3 heteroatoms. The molecule has 0 aliphatic carbocycles. The average Bonchev–Trinajstić information content (AvgIpc) is 3.03. The number of rotatable bonds is 4. The lowest BCUT2D eigenvalue weighted by Crippen LogP contribution is -1.82. The lowest BCUT2D eigenvalue weighted by atomic mass is 10.1. The molecule has 1 heterocycles. The Morgan fingerprint density at radius 2 is 1.71 bits per heavy atom. The van der Waals surface area contributed by atoms with E-state index in [0.29, 0.717) is 0 Å². The van der Waals surface area contributed by atoms with Gasteiger partial charge in [0.1, 0.15) is 11.4 Å². The van der Waals surface area contributed by atoms with Gasteiger partial charge in [-0.15, -0.1) is 0 Å². The summed E-state index contributed by atoms with van der Waals surface area (Å²) in [5, 5.41) is 4.09. The van der Waals surface area contributed by atoms with Crippen molar-refractivity contribution < 1.29 is 9.26 Å². The van der Waals surface area contributed by atoms with Crippen molar-refractivity contribution in [2.75, 3.05) is 7.11 Å². The first-order chi connectivity index (χ1) is 10.3. The van der Waals surface area contributed by atoms with Crippen LogP contribution in [0.5, 0.6) is 5.75 Å². The fraction of sp³-hybridized carbons (Fsp3) is 0.0556. The highest BCUT2D eigenvalue weighted by molar-refractivity contribution is 5.70. The SMILES string of the molecule is COc1ccc(-c2cc(/C=C/c3ccccc3)on2)cc1. The molecular formula is C18H15NO2. The Morgan fingerprint density at radius 1 is 0.952 bits per heavy atom. The molecule has 0 fully saturated rings. The van der Waals surface area contributed by atoms with Crippen molar-refractivity contribution in [3.63, 3.8) is 0 Å². The molecule has 104 valence electrons. The van der Waals surface area contributed by atoms with Crippen molar-refractivity contribution in [3.05, 3.63) is 72.0 Å². The Labute approximate surface area is 123 Å². The highest BCUT2D eigenvalue weighted by Gasteiger charge is 2.04. The minimum Gasteiger partial charge on any atom is -0.497 e. The van der Waals surface area contributed by atoms with E-state index in [2.05, 4.69) is 5.16 Å². The average molecular weight is 277 g/mol. The number of benzene rings is 2. The lowest BCUT2D eigenvalue weighted by Gasteiger charge is -1.99. The summed E-state index contributed by atoms with van der Waals surface area (Å²) in [7, 11) is 1.65. The van der Waals surface area contributed by atoms with Crippen LogP contribution in [0.4, 0.5) is 0 Å². The molecule has 2 aromatic carbocycles. The fourth-order valence-electron chi connectivity index (χ4n) is 2.01. The second-order valence-corrected chi connectivity index (χ2v) is 4.59. The second kappa shape index (κ2) is 6.09. The molecule has 3 nitrogen and oxygen atoms in total. The van der Waals surface area contributed by atoms with Gasteiger partial charge in [0.2, 0.25) is 0 Å². The van der Waals surface area contributed by atoms with Crippen molar-refractivity contribution in [2.45, 2.75) is 0 Å². The van der Waals surface area contributed by atoms with Crippen LogP contribution in [0.3, 0.4) is 0 Å². The molecule has 3 aromatic rings. The first-order valence-electron chi connectivity index (χ1n) is 6.69. The summed E-state index contributed by atoms with van der Waals surface area (Å²) in [4.78, 5) is 0. The molecule has 0 amide bonds. The highest BCUT2D eigenvalue weighted by atomic mass is 16.5. The highest BCUT2D eigenvalue weighted by Crippen LogP contribution is 2.22. The molecule has 21 heavy (non-hydrogen) atoms. The van der Waals surface area contributed by atoms with Gasteiger partial charge >= 0.3 is 0 Å². The molecule has 0 N–H and O–H groups in total. The van der Waals surface area contributed by atoms with Gasteiger partial charge < -0.3 is 9.26 Å². The summed E-state index contributed by atoms with van der Waals surface area (Å²) in [6, 6.07) is 19.7. The zero-order valence-corrected chi connectivity index (χ0v) is 11.7. The monoisotopic (exact) mass is 277 g/mol. The number of ether oxygens (including phenoxy) is 1. The van der Waals surface area contributed by atoms with Crippen LogP contribution in [0.2, 0.25) is 0 Å². The number of methoxy groups -OCH3 is 1. The van der Waals surface area contributed by atoms with Crippen LogP contribution in [0, 0.1) is 0 Å². The molecule has 0 atom stereocenters. The van der Waals surface area contributed by atoms with Crippen LogP contribution in [-0.4, -0.2) is 12.3 Å². The molecular weight excluding hydrogens is 262 g/mol. The van der Waals surface area contributed by atoms with Crippen LogP contribution in [0.15, 0.2) is 65.2 Å². The number of nitrogens with zero attached hydrogens (tertiary/aromatic N) is 1. The van der Waals surface area contributed by atoms with Crippen molar-refractivity contribution >= 4 is 12.2 Å². The third-order valence-corrected chi connectivity index (χ3v) is 3.15. The van der Waals surface area contributed by atoms with Gasteiger partial charge in [-0.1, -0.05) is 41.6 Å². The van der Waals surface area contributed by atoms with E-state index >= 15 is 0 Å². The van der Waals surface area contributed by atoms with Crippen molar-refractivity contribution in [2.24, 2.45) is 0 Å². The van der Waals surface area contributed by atoms with Gasteiger partial charge in [-0.25, -0.2) is 0 Å². The van der Waals surface area contributed by atoms with Gasteiger partial charge in [-0.2, -0.15) is 0 Å². The standard InChI is InChI=1S/C18H15NO2/c1-20-16-11-8-15(9-12-16)18-13-17(21-19-18)10-7-14-5-3-2-4-6-14/h2-13H,1H3/b10-7+. The number of hydrogen-bond acceptors (Lipinski definition) is 3. The van der Waals surface area contributed by atoms with Crippen LogP contribution < -0.4 is 4.74 Å². The topological polar surface area (TPSA) is 35.3 Å². The Morgan fingerprint density at radius 3 is 2.43 bits per heavy atom. The normalized spacial score (nSPS) is 10.9. The molecule has 1 aromatic heterocycles. The molecule has 0 unspecified atom stereocenters. The molecule has 3 rings (SSSR count). The van der Waals surface area contributed by atoms with Gasteiger partial charge in [-0.05, 0) is 35.9 Å². The molecule has 0 saturated heterocycles. The van der Waals surface area contributed by atoms with E-state index < -0.39 is 0 Å². The van der Waals surface area contributed by atoms with E-state index in [0.717, 1.165) is 28.3 Å². The molecule has 0 radical (unpaired) electrons. The minimum absolute atomic E-state index is 0.727. The van der Waals surface area contributed by atoms with Crippen molar-refractivity contribution in [1.82, 2.24) is 5.16 Å². The summed E-state index contributed by atoms with van der Waals surface area (Å²) < 4.78 is 10.5. The maximum absolute atomic E-state index is 5.33. The molecule has 0 aliphatic rings. The molecule has 0 aliphatic heterocycles. The van der Waals surface area contributed by atoms with Crippen LogP contribution in [0.25, 0.3) is 23.4 Å². The fourth-order valence-corrected chi connectivity index (χ4v) is 2.01. The first kappa shape index (κ1) is 13.2. The third-order valence-electron chi connectivity index (χ3n) is 3.15. The predicted octanol–water partition coefficient (Wildman–Crippen LogP) is 4.52. The largest absolute Gasteiger partial charge is 0.497 e. The van der Waals surface area contributed by atoms with Crippen LogP contribution in [-0.2, 0) is 0 Å².